The minimum Gasteiger partial charge on any atom is -0.209 e. The number of nitrogens with zero attached hydrogens (tertiary/aromatic N) is 3. The zero-order valence-corrected chi connectivity index (χ0v) is 5.76. The van der Waals surface area contributed by atoms with Crippen LogP contribution in [0.3, 0.4) is 0 Å². The molecule has 0 saturated heterocycles. The highest BCUT2D eigenvalue weighted by molar-refractivity contribution is 4.80. The lowest BCUT2D eigenvalue weighted by molar-refractivity contribution is -0.522. The second-order valence-corrected chi connectivity index (χ2v) is 2.02. The predicted octanol–water partition coefficient (Wildman–Crippen LogP) is -0.934. The van der Waals surface area contributed by atoms with Crippen molar-refractivity contribution in [2.24, 2.45) is 7.05 Å². The van der Waals surface area contributed by atoms with Gasteiger partial charge in [0.1, 0.15) is 0 Å². The molecule has 1 aromatic rings. The van der Waals surface area contributed by atoms with Crippen molar-refractivity contribution < 1.29 is 4.24 Å². The predicted molar refractivity (Wildman–Crippen MR) is 34.0 cm³/mol. The van der Waals surface area contributed by atoms with Crippen molar-refractivity contribution in [3.8, 4) is 0 Å². The maximum absolute atomic E-state index is 4.06. The second kappa shape index (κ2) is 1.69. The molecule has 0 atom stereocenters. The first-order chi connectivity index (χ1) is 4.13. The van der Waals surface area contributed by atoms with Crippen molar-refractivity contribution in [2.45, 2.75) is 6.92 Å². The first-order valence-electron chi connectivity index (χ1n) is 2.71. The van der Waals surface area contributed by atoms with Crippen molar-refractivity contribution in [3.05, 3.63) is 18.0 Å². The van der Waals surface area contributed by atoms with Crippen molar-refractivity contribution in [1.29, 1.82) is 0 Å². The molecule has 0 radical (unpaired) electrons. The summed E-state index contributed by atoms with van der Waals surface area (Å²) in [5.74, 6) is 0.877. The second-order valence-electron chi connectivity index (χ2n) is 2.02. The summed E-state index contributed by atoms with van der Waals surface area (Å²) in [5.41, 5.74) is 0.812. The molecule has 1 rings (SSSR count). The van der Waals surface area contributed by atoms with E-state index >= 15 is 0 Å². The zero-order valence-electron chi connectivity index (χ0n) is 5.76. The van der Waals surface area contributed by atoms with E-state index in [0.29, 0.717) is 0 Å². The van der Waals surface area contributed by atoms with Gasteiger partial charge < -0.3 is 0 Å². The van der Waals surface area contributed by atoms with Crippen LogP contribution in [0.1, 0.15) is 5.82 Å². The topological polar surface area (TPSA) is 23.7 Å². The van der Waals surface area contributed by atoms with E-state index in [1.165, 1.54) is 0 Å². The Morgan fingerprint density at radius 2 is 2.22 bits per heavy atom. The van der Waals surface area contributed by atoms with Gasteiger partial charge in [0.25, 0.3) is 11.3 Å². The van der Waals surface area contributed by atoms with E-state index in [1.807, 2.05) is 14.0 Å². The molecule has 0 saturated carbocycles. The average Bonchev–Trinajstić information content (AvgIpc) is 1.98. The third-order valence-corrected chi connectivity index (χ3v) is 1.37. The third kappa shape index (κ3) is 0.740. The van der Waals surface area contributed by atoms with Gasteiger partial charge in [0, 0.05) is 18.7 Å². The molecule has 9 heavy (non-hydrogen) atoms. The Balaban J connectivity index is 3.68. The van der Waals surface area contributed by atoms with Crippen molar-refractivity contribution >= 4 is 6.58 Å². The van der Waals surface area contributed by atoms with Crippen molar-refractivity contribution in [3.63, 3.8) is 0 Å². The summed E-state index contributed by atoms with van der Waals surface area (Å²) in [7, 11) is 1.84. The number of hydrogen-bond acceptors (Lipinski definition) is 1. The molecule has 0 spiro atoms. The fourth-order valence-electron chi connectivity index (χ4n) is 0.690. The summed E-state index contributed by atoms with van der Waals surface area (Å²) in [4.78, 5) is 0. The minimum atomic E-state index is 0.812. The fourth-order valence-corrected chi connectivity index (χ4v) is 0.690. The molecule has 0 amide bonds. The third-order valence-electron chi connectivity index (χ3n) is 1.37. The first-order valence-corrected chi connectivity index (χ1v) is 2.71. The number of aryl methyl sites for hydroxylation is 2. The van der Waals surface area contributed by atoms with E-state index in [0.717, 1.165) is 11.3 Å². The summed E-state index contributed by atoms with van der Waals surface area (Å²) >= 11 is 0. The quantitative estimate of drug-likeness (QED) is 0.410. The molecule has 0 aliphatic rings. The Morgan fingerprint density at radius 1 is 1.67 bits per heavy atom. The normalized spacial score (nSPS) is 10.0. The van der Waals surface area contributed by atoms with Gasteiger partial charge in [0.15, 0.2) is 0 Å². The van der Waals surface area contributed by atoms with Gasteiger partial charge in [-0.25, -0.2) is 4.24 Å². The SMILES string of the molecule is C=c1n(C)nc(C)[n+]1=C. The van der Waals surface area contributed by atoms with Gasteiger partial charge in [0.2, 0.25) is 0 Å². The van der Waals surface area contributed by atoms with Crippen LogP contribution in [0.2, 0.25) is 0 Å². The van der Waals surface area contributed by atoms with Crippen LogP contribution in [0, 0.1) is 13.6 Å². The average molecular weight is 124 g/mol. The molecular formula is C6H10N3+. The molecule has 48 valence electrons. The summed E-state index contributed by atoms with van der Waals surface area (Å²) in [6.45, 7) is 9.34. The molecule has 1 aromatic heterocycles. The van der Waals surface area contributed by atoms with Gasteiger partial charge >= 0.3 is 0 Å². The number of aromatic nitrogens is 3. The lowest BCUT2D eigenvalue weighted by Crippen LogP contribution is -2.36. The molecule has 0 aromatic carbocycles. The number of rotatable bonds is 0. The maximum atomic E-state index is 4.06. The highest BCUT2D eigenvalue weighted by Gasteiger charge is 2.02. The number of hydrogen-bond donors (Lipinski definition) is 0. The van der Waals surface area contributed by atoms with Crippen LogP contribution in [0.15, 0.2) is 0 Å². The van der Waals surface area contributed by atoms with Crippen LogP contribution >= 0.6 is 0 Å². The molecule has 0 aliphatic heterocycles. The molecule has 0 N–H and O–H groups in total. The Morgan fingerprint density at radius 3 is 2.33 bits per heavy atom. The van der Waals surface area contributed by atoms with Crippen molar-refractivity contribution in [1.82, 2.24) is 9.78 Å². The lowest BCUT2D eigenvalue weighted by atomic mass is 10.7. The molecule has 0 bridgehead atoms. The summed E-state index contributed by atoms with van der Waals surface area (Å²) in [6, 6.07) is 0. The van der Waals surface area contributed by atoms with E-state index in [9.17, 15) is 0 Å². The minimum absolute atomic E-state index is 0.812. The fraction of sp³-hybridized carbons (Fsp3) is 0.333. The first kappa shape index (κ1) is 6.01. The summed E-state index contributed by atoms with van der Waals surface area (Å²) in [5, 5.41) is 4.06. The van der Waals surface area contributed by atoms with Crippen LogP contribution in [0.25, 0.3) is 6.58 Å². The van der Waals surface area contributed by atoms with Crippen LogP contribution in [-0.4, -0.2) is 9.78 Å². The highest BCUT2D eigenvalue weighted by atomic mass is 15.3. The van der Waals surface area contributed by atoms with Gasteiger partial charge in [-0.05, 0) is 6.58 Å². The smallest absolute Gasteiger partial charge is 0.209 e. The van der Waals surface area contributed by atoms with Gasteiger partial charge in [-0.2, -0.15) is 0 Å². The van der Waals surface area contributed by atoms with Gasteiger partial charge in [-0.3, -0.25) is 0 Å². The Labute approximate surface area is 53.6 Å². The molecule has 0 aliphatic carbocycles. The van der Waals surface area contributed by atoms with E-state index in [-0.39, 0.29) is 0 Å². The standard InChI is InChI=1S/C6H10N3/c1-5-7-9(4)6(2)8(5)3/h2-3H2,1,4H3/q+1. The maximum Gasteiger partial charge on any atom is 0.278 e. The van der Waals surface area contributed by atoms with Gasteiger partial charge in [-0.1, -0.05) is 0 Å². The Bertz CT molecular complexity index is 279. The van der Waals surface area contributed by atoms with Crippen LogP contribution < -0.4 is 9.72 Å². The molecule has 3 nitrogen and oxygen atoms in total. The van der Waals surface area contributed by atoms with Crippen molar-refractivity contribution in [2.75, 3.05) is 0 Å². The Hall–Kier alpha value is -1.12. The molecule has 0 unspecified atom stereocenters. The van der Waals surface area contributed by atoms with E-state index in [1.54, 1.807) is 8.92 Å². The molecule has 3 heteroatoms. The lowest BCUT2D eigenvalue weighted by Gasteiger charge is -1.69. The molecular weight excluding hydrogens is 114 g/mol. The van der Waals surface area contributed by atoms with E-state index < -0.39 is 0 Å². The van der Waals surface area contributed by atoms with E-state index in [2.05, 4.69) is 18.4 Å². The van der Waals surface area contributed by atoms with Gasteiger partial charge in [0.05, 0.1) is 7.05 Å². The highest BCUT2D eigenvalue weighted by Crippen LogP contribution is 1.68. The Kier molecular flexibility index (Phi) is 1.12. The summed E-state index contributed by atoms with van der Waals surface area (Å²) in [6.07, 6.45) is 0. The van der Waals surface area contributed by atoms with E-state index in [4.69, 9.17) is 0 Å². The van der Waals surface area contributed by atoms with Gasteiger partial charge in [-0.15, -0.1) is 4.68 Å². The largest absolute Gasteiger partial charge is 0.278 e. The summed E-state index contributed by atoms with van der Waals surface area (Å²) < 4.78 is 3.39. The van der Waals surface area contributed by atoms with Crippen LogP contribution in [-0.2, 0) is 7.05 Å². The molecule has 1 heterocycles. The van der Waals surface area contributed by atoms with Crippen LogP contribution in [0.5, 0.6) is 0 Å². The molecule has 0 fully saturated rings. The zero-order chi connectivity index (χ0) is 7.02. The van der Waals surface area contributed by atoms with Crippen LogP contribution in [0.4, 0.5) is 0 Å². The monoisotopic (exact) mass is 124 g/mol.